The zero-order chi connectivity index (χ0) is 14.3. The Morgan fingerprint density at radius 3 is 2.47 bits per heavy atom. The maximum Gasteiger partial charge on any atom is 0.157 e. The standard InChI is InChI=1S/C16H30O3/c1-5-18-15(19-6-2)9-7-8-13-12-14(17)10-11-16(13,3)4/h13,15H,5-12H2,1-4H3/t13-/m1/s1. The Morgan fingerprint density at radius 2 is 1.89 bits per heavy atom. The fraction of sp³-hybridized carbons (Fsp3) is 0.938. The molecule has 1 fully saturated rings. The molecule has 0 aliphatic heterocycles. The summed E-state index contributed by atoms with van der Waals surface area (Å²) in [6.45, 7) is 9.97. The van der Waals surface area contributed by atoms with Crippen molar-refractivity contribution in [3.05, 3.63) is 0 Å². The number of ether oxygens (including phenoxy) is 2. The highest BCUT2D eigenvalue weighted by Gasteiger charge is 2.35. The van der Waals surface area contributed by atoms with Gasteiger partial charge in [0.05, 0.1) is 0 Å². The summed E-state index contributed by atoms with van der Waals surface area (Å²) < 4.78 is 11.1. The summed E-state index contributed by atoms with van der Waals surface area (Å²) in [6, 6.07) is 0. The molecule has 1 aliphatic rings. The fourth-order valence-corrected chi connectivity index (χ4v) is 2.93. The molecule has 0 spiro atoms. The molecule has 112 valence electrons. The molecule has 3 nitrogen and oxygen atoms in total. The third-order valence-electron chi connectivity index (χ3n) is 4.32. The zero-order valence-corrected chi connectivity index (χ0v) is 13.0. The van der Waals surface area contributed by atoms with Crippen LogP contribution in [0.1, 0.15) is 66.2 Å². The minimum Gasteiger partial charge on any atom is -0.353 e. The monoisotopic (exact) mass is 270 g/mol. The van der Waals surface area contributed by atoms with E-state index in [1.165, 1.54) is 0 Å². The third kappa shape index (κ3) is 5.62. The third-order valence-corrected chi connectivity index (χ3v) is 4.32. The SMILES string of the molecule is CCOC(CCC[C@@H]1CC(=O)CCC1(C)C)OCC. The van der Waals surface area contributed by atoms with Crippen LogP contribution in [0.25, 0.3) is 0 Å². The second-order valence-electron chi connectivity index (χ2n) is 6.20. The van der Waals surface area contributed by atoms with Gasteiger partial charge in [-0.05, 0) is 50.9 Å². The van der Waals surface area contributed by atoms with Gasteiger partial charge in [-0.1, -0.05) is 13.8 Å². The summed E-state index contributed by atoms with van der Waals surface area (Å²) in [5.41, 5.74) is 0.306. The van der Waals surface area contributed by atoms with Gasteiger partial charge in [-0.3, -0.25) is 4.79 Å². The van der Waals surface area contributed by atoms with E-state index in [1.807, 2.05) is 13.8 Å². The van der Waals surface area contributed by atoms with Crippen LogP contribution in [0.5, 0.6) is 0 Å². The predicted molar refractivity (Wildman–Crippen MR) is 77.0 cm³/mol. The summed E-state index contributed by atoms with van der Waals surface area (Å²) in [5, 5.41) is 0. The summed E-state index contributed by atoms with van der Waals surface area (Å²) in [7, 11) is 0. The minimum absolute atomic E-state index is 0.0718. The predicted octanol–water partition coefficient (Wildman–Crippen LogP) is 3.95. The van der Waals surface area contributed by atoms with E-state index >= 15 is 0 Å². The van der Waals surface area contributed by atoms with Crippen LogP contribution in [0.3, 0.4) is 0 Å². The molecule has 1 saturated carbocycles. The average molecular weight is 270 g/mol. The molecular weight excluding hydrogens is 240 g/mol. The molecule has 0 aromatic carbocycles. The van der Waals surface area contributed by atoms with Crippen molar-refractivity contribution in [1.29, 1.82) is 0 Å². The van der Waals surface area contributed by atoms with Gasteiger partial charge in [-0.15, -0.1) is 0 Å². The number of carbonyl (C=O) groups is 1. The van der Waals surface area contributed by atoms with Gasteiger partial charge in [0, 0.05) is 26.1 Å². The summed E-state index contributed by atoms with van der Waals surface area (Å²) >= 11 is 0. The van der Waals surface area contributed by atoms with Crippen LogP contribution in [-0.4, -0.2) is 25.3 Å². The fourth-order valence-electron chi connectivity index (χ4n) is 2.93. The van der Waals surface area contributed by atoms with E-state index in [0.29, 0.717) is 30.3 Å². The van der Waals surface area contributed by atoms with Gasteiger partial charge in [-0.2, -0.15) is 0 Å². The first-order valence-corrected chi connectivity index (χ1v) is 7.74. The molecule has 19 heavy (non-hydrogen) atoms. The van der Waals surface area contributed by atoms with E-state index in [2.05, 4.69) is 13.8 Å². The lowest BCUT2D eigenvalue weighted by Gasteiger charge is -2.38. The van der Waals surface area contributed by atoms with E-state index < -0.39 is 0 Å². The first-order valence-electron chi connectivity index (χ1n) is 7.74. The summed E-state index contributed by atoms with van der Waals surface area (Å²) in [6.07, 6.45) is 5.61. The molecular formula is C16H30O3. The number of hydrogen-bond donors (Lipinski definition) is 0. The maximum atomic E-state index is 11.6. The van der Waals surface area contributed by atoms with Gasteiger partial charge in [0.25, 0.3) is 0 Å². The lowest BCUT2D eigenvalue weighted by molar-refractivity contribution is -0.141. The highest BCUT2D eigenvalue weighted by molar-refractivity contribution is 5.79. The van der Waals surface area contributed by atoms with Gasteiger partial charge in [0.15, 0.2) is 6.29 Å². The number of Topliss-reactive ketones (excluding diaryl/α,β-unsaturated/α-hetero) is 1. The Labute approximate surface area is 118 Å². The van der Waals surface area contributed by atoms with Crippen molar-refractivity contribution in [2.45, 2.75) is 72.5 Å². The zero-order valence-electron chi connectivity index (χ0n) is 13.0. The molecule has 1 rings (SSSR count). The topological polar surface area (TPSA) is 35.5 Å². The first kappa shape index (κ1) is 16.6. The maximum absolute atomic E-state index is 11.6. The van der Waals surface area contributed by atoms with Crippen LogP contribution in [0.4, 0.5) is 0 Å². The normalized spacial score (nSPS) is 23.0. The van der Waals surface area contributed by atoms with E-state index in [-0.39, 0.29) is 6.29 Å². The van der Waals surface area contributed by atoms with Gasteiger partial charge < -0.3 is 9.47 Å². The van der Waals surface area contributed by atoms with Crippen molar-refractivity contribution in [2.75, 3.05) is 13.2 Å². The van der Waals surface area contributed by atoms with Crippen LogP contribution in [0.15, 0.2) is 0 Å². The van der Waals surface area contributed by atoms with E-state index in [9.17, 15) is 4.79 Å². The number of ketones is 1. The van der Waals surface area contributed by atoms with Gasteiger partial charge >= 0.3 is 0 Å². The van der Waals surface area contributed by atoms with Crippen molar-refractivity contribution >= 4 is 5.78 Å². The Bertz CT molecular complexity index is 267. The quantitative estimate of drug-likeness (QED) is 0.626. The summed E-state index contributed by atoms with van der Waals surface area (Å²) in [5.74, 6) is 0.966. The van der Waals surface area contributed by atoms with Gasteiger partial charge in [0.1, 0.15) is 5.78 Å². The lowest BCUT2D eigenvalue weighted by atomic mass is 9.67. The molecule has 0 unspecified atom stereocenters. The highest BCUT2D eigenvalue weighted by atomic mass is 16.7. The molecule has 0 aromatic heterocycles. The average Bonchev–Trinajstić information content (AvgIpc) is 2.34. The largest absolute Gasteiger partial charge is 0.353 e. The van der Waals surface area contributed by atoms with Crippen molar-refractivity contribution in [1.82, 2.24) is 0 Å². The number of carbonyl (C=O) groups excluding carboxylic acids is 1. The molecule has 3 heteroatoms. The summed E-state index contributed by atoms with van der Waals surface area (Å²) in [4.78, 5) is 11.6. The molecule has 1 atom stereocenters. The Kier molecular flexibility index (Phi) is 7.01. The van der Waals surface area contributed by atoms with Crippen LogP contribution in [-0.2, 0) is 14.3 Å². The highest BCUT2D eigenvalue weighted by Crippen LogP contribution is 2.41. The van der Waals surface area contributed by atoms with Crippen LogP contribution < -0.4 is 0 Å². The van der Waals surface area contributed by atoms with Crippen LogP contribution in [0.2, 0.25) is 0 Å². The molecule has 0 heterocycles. The smallest absolute Gasteiger partial charge is 0.157 e. The number of hydrogen-bond acceptors (Lipinski definition) is 3. The lowest BCUT2D eigenvalue weighted by Crippen LogP contribution is -2.32. The molecule has 0 radical (unpaired) electrons. The van der Waals surface area contributed by atoms with Gasteiger partial charge in [-0.25, -0.2) is 0 Å². The molecule has 0 bridgehead atoms. The minimum atomic E-state index is -0.0718. The van der Waals surface area contributed by atoms with Crippen molar-refractivity contribution in [3.8, 4) is 0 Å². The molecule has 0 N–H and O–H groups in total. The molecule has 0 amide bonds. The van der Waals surface area contributed by atoms with Crippen LogP contribution in [0, 0.1) is 11.3 Å². The first-order chi connectivity index (χ1) is 8.99. The number of rotatable bonds is 8. The van der Waals surface area contributed by atoms with E-state index in [1.54, 1.807) is 0 Å². The Morgan fingerprint density at radius 1 is 1.26 bits per heavy atom. The van der Waals surface area contributed by atoms with Crippen molar-refractivity contribution in [3.63, 3.8) is 0 Å². The molecule has 1 aliphatic carbocycles. The van der Waals surface area contributed by atoms with Crippen molar-refractivity contribution in [2.24, 2.45) is 11.3 Å². The van der Waals surface area contributed by atoms with Crippen LogP contribution >= 0.6 is 0 Å². The van der Waals surface area contributed by atoms with E-state index in [0.717, 1.165) is 38.5 Å². The Balaban J connectivity index is 2.35. The van der Waals surface area contributed by atoms with E-state index in [4.69, 9.17) is 9.47 Å². The Hall–Kier alpha value is -0.410. The second kappa shape index (κ2) is 8.01. The molecule has 0 aromatic rings. The second-order valence-corrected chi connectivity index (χ2v) is 6.20. The van der Waals surface area contributed by atoms with Crippen molar-refractivity contribution < 1.29 is 14.3 Å². The van der Waals surface area contributed by atoms with Gasteiger partial charge in [0.2, 0.25) is 0 Å². The molecule has 0 saturated heterocycles.